The number of rotatable bonds is 4. The Bertz CT molecular complexity index is 439. The number of nitrogens with one attached hydrogen (secondary N) is 3. The molecule has 0 aliphatic carbocycles. The summed E-state index contributed by atoms with van der Waals surface area (Å²) in [5.41, 5.74) is 0.276. The van der Waals surface area contributed by atoms with Crippen molar-refractivity contribution in [3.63, 3.8) is 0 Å². The normalized spacial score (nSPS) is 11.5. The van der Waals surface area contributed by atoms with Crippen molar-refractivity contribution in [2.75, 3.05) is 11.9 Å². The van der Waals surface area contributed by atoms with Crippen LogP contribution in [-0.2, 0) is 4.79 Å². The van der Waals surface area contributed by atoms with Crippen LogP contribution in [-0.4, -0.2) is 23.6 Å². The molecule has 18 heavy (non-hydrogen) atoms. The topological polar surface area (TPSA) is 53.2 Å². The number of para-hydroxylation sites is 1. The van der Waals surface area contributed by atoms with E-state index in [1.54, 1.807) is 25.1 Å². The predicted molar refractivity (Wildman–Crippen MR) is 73.9 cm³/mol. The lowest BCUT2D eigenvalue weighted by Crippen LogP contribution is -2.46. The zero-order chi connectivity index (χ0) is 13.5. The van der Waals surface area contributed by atoms with Crippen molar-refractivity contribution < 1.29 is 9.18 Å². The molecule has 1 aromatic carbocycles. The Hall–Kier alpha value is -1.69. The van der Waals surface area contributed by atoms with Crippen molar-refractivity contribution in [3.05, 3.63) is 30.1 Å². The Balaban J connectivity index is 2.52. The second-order valence-electron chi connectivity index (χ2n) is 3.69. The zero-order valence-electron chi connectivity index (χ0n) is 10.3. The van der Waals surface area contributed by atoms with Crippen LogP contribution >= 0.6 is 12.2 Å². The molecule has 0 aliphatic rings. The van der Waals surface area contributed by atoms with Gasteiger partial charge >= 0.3 is 0 Å². The SMILES string of the molecule is CCNC(=O)[C@H](C)NC(=S)Nc1ccccc1F. The molecule has 0 bridgehead atoms. The molecule has 1 aromatic rings. The highest BCUT2D eigenvalue weighted by atomic mass is 32.1. The van der Waals surface area contributed by atoms with E-state index >= 15 is 0 Å². The number of benzene rings is 1. The van der Waals surface area contributed by atoms with E-state index in [1.807, 2.05) is 6.92 Å². The van der Waals surface area contributed by atoms with Crippen LogP contribution in [0.25, 0.3) is 0 Å². The Kier molecular flexibility index (Phi) is 5.51. The molecule has 0 fully saturated rings. The van der Waals surface area contributed by atoms with Crippen molar-refractivity contribution >= 4 is 28.9 Å². The van der Waals surface area contributed by atoms with E-state index in [2.05, 4.69) is 16.0 Å². The van der Waals surface area contributed by atoms with Gasteiger partial charge in [0.25, 0.3) is 0 Å². The lowest BCUT2D eigenvalue weighted by atomic mass is 10.3. The molecule has 0 spiro atoms. The van der Waals surface area contributed by atoms with Crippen LogP contribution in [0.4, 0.5) is 10.1 Å². The molecule has 4 nitrogen and oxygen atoms in total. The Morgan fingerprint density at radius 2 is 2.11 bits per heavy atom. The van der Waals surface area contributed by atoms with Gasteiger partial charge in [-0.15, -0.1) is 0 Å². The molecule has 0 radical (unpaired) electrons. The smallest absolute Gasteiger partial charge is 0.242 e. The van der Waals surface area contributed by atoms with Crippen LogP contribution in [0.15, 0.2) is 24.3 Å². The summed E-state index contributed by atoms with van der Waals surface area (Å²) in [5.74, 6) is -0.553. The summed E-state index contributed by atoms with van der Waals surface area (Å²) in [4.78, 5) is 11.5. The average molecular weight is 269 g/mol. The molecule has 98 valence electrons. The van der Waals surface area contributed by atoms with Gasteiger partial charge in [0.05, 0.1) is 5.69 Å². The third kappa shape index (κ3) is 4.29. The highest BCUT2D eigenvalue weighted by molar-refractivity contribution is 7.80. The Labute approximate surface area is 111 Å². The largest absolute Gasteiger partial charge is 0.355 e. The maximum absolute atomic E-state index is 13.3. The number of carbonyl (C=O) groups excluding carboxylic acids is 1. The highest BCUT2D eigenvalue weighted by Gasteiger charge is 2.13. The summed E-state index contributed by atoms with van der Waals surface area (Å²) >= 11 is 5.01. The minimum Gasteiger partial charge on any atom is -0.355 e. The lowest BCUT2D eigenvalue weighted by molar-refractivity contribution is -0.122. The van der Waals surface area contributed by atoms with Gasteiger partial charge in [-0.3, -0.25) is 4.79 Å². The van der Waals surface area contributed by atoms with Crippen LogP contribution < -0.4 is 16.0 Å². The summed E-state index contributed by atoms with van der Waals surface area (Å²) < 4.78 is 13.3. The summed E-state index contributed by atoms with van der Waals surface area (Å²) in [6.07, 6.45) is 0. The van der Waals surface area contributed by atoms with Gasteiger partial charge < -0.3 is 16.0 Å². The van der Waals surface area contributed by atoms with Crippen molar-refractivity contribution in [1.29, 1.82) is 0 Å². The number of likely N-dealkylation sites (N-methyl/N-ethyl adjacent to an activating group) is 1. The van der Waals surface area contributed by atoms with Crippen molar-refractivity contribution in [3.8, 4) is 0 Å². The van der Waals surface area contributed by atoms with E-state index in [4.69, 9.17) is 12.2 Å². The maximum Gasteiger partial charge on any atom is 0.242 e. The van der Waals surface area contributed by atoms with Crippen molar-refractivity contribution in [1.82, 2.24) is 10.6 Å². The van der Waals surface area contributed by atoms with Crippen LogP contribution in [0.5, 0.6) is 0 Å². The first-order chi connectivity index (χ1) is 8.54. The zero-order valence-corrected chi connectivity index (χ0v) is 11.1. The molecule has 6 heteroatoms. The van der Waals surface area contributed by atoms with E-state index < -0.39 is 11.9 Å². The number of amides is 1. The average Bonchev–Trinajstić information content (AvgIpc) is 2.32. The van der Waals surface area contributed by atoms with Crippen LogP contribution in [0, 0.1) is 5.82 Å². The molecule has 0 saturated carbocycles. The Morgan fingerprint density at radius 3 is 2.72 bits per heavy atom. The molecule has 0 aliphatic heterocycles. The van der Waals surface area contributed by atoms with E-state index in [0.29, 0.717) is 6.54 Å². The quantitative estimate of drug-likeness (QED) is 0.727. The summed E-state index contributed by atoms with van der Waals surface area (Å²) in [6.45, 7) is 4.07. The number of hydrogen-bond donors (Lipinski definition) is 3. The molecule has 0 aromatic heterocycles. The van der Waals surface area contributed by atoms with Gasteiger partial charge in [-0.05, 0) is 38.2 Å². The molecule has 1 rings (SSSR count). The first kappa shape index (κ1) is 14.4. The van der Waals surface area contributed by atoms with Crippen molar-refractivity contribution in [2.24, 2.45) is 0 Å². The molecule has 1 atom stereocenters. The summed E-state index contributed by atoms with van der Waals surface area (Å²) in [7, 11) is 0. The lowest BCUT2D eigenvalue weighted by Gasteiger charge is -2.16. The molecular weight excluding hydrogens is 253 g/mol. The fraction of sp³-hybridized carbons (Fsp3) is 0.333. The van der Waals surface area contributed by atoms with Crippen LogP contribution in [0.2, 0.25) is 0 Å². The fourth-order valence-electron chi connectivity index (χ4n) is 1.31. The Morgan fingerprint density at radius 1 is 1.44 bits per heavy atom. The number of hydrogen-bond acceptors (Lipinski definition) is 2. The van der Waals surface area contributed by atoms with Gasteiger partial charge in [-0.1, -0.05) is 12.1 Å². The number of carbonyl (C=O) groups is 1. The van der Waals surface area contributed by atoms with Gasteiger partial charge in [-0.2, -0.15) is 0 Å². The summed E-state index contributed by atoms with van der Waals surface area (Å²) in [6, 6.07) is 5.71. The van der Waals surface area contributed by atoms with Gasteiger partial charge in [0, 0.05) is 6.54 Å². The van der Waals surface area contributed by atoms with Gasteiger partial charge in [-0.25, -0.2) is 4.39 Å². The van der Waals surface area contributed by atoms with Crippen LogP contribution in [0.3, 0.4) is 0 Å². The summed E-state index contributed by atoms with van der Waals surface area (Å²) in [5, 5.41) is 8.36. The molecule has 1 amide bonds. The third-order valence-corrected chi connectivity index (χ3v) is 2.43. The van der Waals surface area contributed by atoms with Crippen molar-refractivity contribution in [2.45, 2.75) is 19.9 Å². The minimum atomic E-state index is -0.475. The molecule has 3 N–H and O–H groups in total. The fourth-order valence-corrected chi connectivity index (χ4v) is 1.60. The molecule has 0 heterocycles. The van der Waals surface area contributed by atoms with Gasteiger partial charge in [0.2, 0.25) is 5.91 Å². The van der Waals surface area contributed by atoms with E-state index in [9.17, 15) is 9.18 Å². The second kappa shape index (κ2) is 6.90. The predicted octanol–water partition coefficient (Wildman–Crippen LogP) is 1.64. The molecule has 0 saturated heterocycles. The van der Waals surface area contributed by atoms with E-state index in [0.717, 1.165) is 0 Å². The van der Waals surface area contributed by atoms with E-state index in [1.165, 1.54) is 6.07 Å². The van der Waals surface area contributed by atoms with Gasteiger partial charge in [0.15, 0.2) is 5.11 Å². The molecule has 0 unspecified atom stereocenters. The standard InChI is InChI=1S/C12H16FN3OS/c1-3-14-11(17)8(2)15-12(18)16-10-7-5-4-6-9(10)13/h4-8H,3H2,1-2H3,(H,14,17)(H2,15,16,18)/t8-/m0/s1. The molecular formula is C12H16FN3OS. The van der Waals surface area contributed by atoms with E-state index in [-0.39, 0.29) is 16.7 Å². The highest BCUT2D eigenvalue weighted by Crippen LogP contribution is 2.11. The maximum atomic E-state index is 13.3. The third-order valence-electron chi connectivity index (χ3n) is 2.21. The van der Waals surface area contributed by atoms with Crippen LogP contribution in [0.1, 0.15) is 13.8 Å². The number of halogens is 1. The van der Waals surface area contributed by atoms with Gasteiger partial charge in [0.1, 0.15) is 11.9 Å². The minimum absolute atomic E-state index is 0.157. The first-order valence-corrected chi connectivity index (χ1v) is 6.05. The number of anilines is 1. The monoisotopic (exact) mass is 269 g/mol. The first-order valence-electron chi connectivity index (χ1n) is 5.64. The number of thiocarbonyl (C=S) groups is 1. The second-order valence-corrected chi connectivity index (χ2v) is 4.10.